The molecule has 4 heteroatoms. The van der Waals surface area contributed by atoms with Crippen LogP contribution in [0.1, 0.15) is 43.2 Å². The van der Waals surface area contributed by atoms with E-state index in [1.165, 1.54) is 0 Å². The Morgan fingerprint density at radius 2 is 1.48 bits per heavy atom. The van der Waals surface area contributed by atoms with Crippen LogP contribution in [0.3, 0.4) is 0 Å². The van der Waals surface area contributed by atoms with Crippen LogP contribution in [0.2, 0.25) is 0 Å². The van der Waals surface area contributed by atoms with E-state index in [1.807, 2.05) is 60.7 Å². The average molecular weight is 337 g/mol. The molecule has 4 nitrogen and oxygen atoms in total. The second-order valence-electron chi connectivity index (χ2n) is 6.62. The minimum atomic E-state index is -0.948. The number of carbonyl (C=O) groups excluding carboxylic acids is 1. The maximum atomic E-state index is 13.0. The van der Waals surface area contributed by atoms with Crippen molar-refractivity contribution in [3.8, 4) is 0 Å². The topological polar surface area (TPSA) is 57.6 Å². The number of carboxylic acids is 1. The van der Waals surface area contributed by atoms with Crippen molar-refractivity contribution in [2.45, 2.75) is 44.2 Å². The highest BCUT2D eigenvalue weighted by Crippen LogP contribution is 2.33. The highest BCUT2D eigenvalue weighted by atomic mass is 16.4. The summed E-state index contributed by atoms with van der Waals surface area (Å²) in [5.74, 6) is -1.11. The zero-order valence-corrected chi connectivity index (χ0v) is 14.3. The number of nitrogens with zero attached hydrogens (tertiary/aromatic N) is 1. The third-order valence-electron chi connectivity index (χ3n) is 4.79. The summed E-state index contributed by atoms with van der Waals surface area (Å²) in [7, 11) is 0. The van der Waals surface area contributed by atoms with Gasteiger partial charge in [-0.15, -0.1) is 0 Å². The van der Waals surface area contributed by atoms with Crippen LogP contribution >= 0.6 is 0 Å². The summed E-state index contributed by atoms with van der Waals surface area (Å²) < 4.78 is 0. The van der Waals surface area contributed by atoms with Gasteiger partial charge in [-0.3, -0.25) is 4.79 Å². The highest BCUT2D eigenvalue weighted by molar-refractivity contribution is 5.84. The maximum Gasteiger partial charge on any atom is 0.326 e. The van der Waals surface area contributed by atoms with Crippen LogP contribution in [0.25, 0.3) is 0 Å². The van der Waals surface area contributed by atoms with Crippen molar-refractivity contribution in [2.75, 3.05) is 0 Å². The molecule has 130 valence electrons. The fraction of sp³-hybridized carbons (Fsp3) is 0.333. The Kier molecular flexibility index (Phi) is 5.17. The molecule has 1 aliphatic carbocycles. The number of carboxylic acid groups (broad SMARTS) is 1. The van der Waals surface area contributed by atoms with Gasteiger partial charge in [-0.25, -0.2) is 4.79 Å². The summed E-state index contributed by atoms with van der Waals surface area (Å²) in [6.45, 7) is 1.60. The van der Waals surface area contributed by atoms with Crippen LogP contribution in [-0.2, 0) is 9.59 Å². The van der Waals surface area contributed by atoms with Crippen molar-refractivity contribution in [1.82, 2.24) is 4.90 Å². The monoisotopic (exact) mass is 337 g/mol. The second-order valence-corrected chi connectivity index (χ2v) is 6.62. The molecule has 1 unspecified atom stereocenters. The Hall–Kier alpha value is -2.62. The third-order valence-corrected chi connectivity index (χ3v) is 4.79. The Labute approximate surface area is 148 Å². The van der Waals surface area contributed by atoms with E-state index in [-0.39, 0.29) is 24.3 Å². The summed E-state index contributed by atoms with van der Waals surface area (Å²) in [6.07, 6.45) is 2.07. The number of carbonyl (C=O) groups is 2. The van der Waals surface area contributed by atoms with Crippen molar-refractivity contribution >= 4 is 11.9 Å². The molecule has 0 saturated heterocycles. The quantitative estimate of drug-likeness (QED) is 0.838. The minimum Gasteiger partial charge on any atom is -0.480 e. The van der Waals surface area contributed by atoms with Gasteiger partial charge in [0.2, 0.25) is 5.91 Å². The predicted octanol–water partition coefficient (Wildman–Crippen LogP) is 3.67. The zero-order chi connectivity index (χ0) is 17.8. The van der Waals surface area contributed by atoms with Gasteiger partial charge in [-0.05, 0) is 30.9 Å². The molecule has 1 atom stereocenters. The van der Waals surface area contributed by atoms with Crippen LogP contribution < -0.4 is 0 Å². The van der Waals surface area contributed by atoms with Gasteiger partial charge in [0, 0.05) is 18.4 Å². The van der Waals surface area contributed by atoms with Crippen molar-refractivity contribution < 1.29 is 14.7 Å². The molecule has 0 radical (unpaired) electrons. The van der Waals surface area contributed by atoms with Gasteiger partial charge in [0.05, 0.1) is 0 Å². The summed E-state index contributed by atoms with van der Waals surface area (Å²) in [5, 5.41) is 9.35. The van der Waals surface area contributed by atoms with Crippen LogP contribution in [-0.4, -0.2) is 34.0 Å². The largest absolute Gasteiger partial charge is 0.480 e. The van der Waals surface area contributed by atoms with E-state index in [9.17, 15) is 14.7 Å². The normalized spacial score (nSPS) is 15.0. The average Bonchev–Trinajstić information content (AvgIpc) is 3.46. The summed E-state index contributed by atoms with van der Waals surface area (Å²) in [4.78, 5) is 26.0. The molecule has 0 heterocycles. The molecule has 1 saturated carbocycles. The van der Waals surface area contributed by atoms with Crippen LogP contribution in [0, 0.1) is 0 Å². The van der Waals surface area contributed by atoms with E-state index in [1.54, 1.807) is 11.8 Å². The first-order valence-corrected chi connectivity index (χ1v) is 8.71. The van der Waals surface area contributed by atoms with Crippen LogP contribution in [0.15, 0.2) is 60.7 Å². The van der Waals surface area contributed by atoms with Crippen LogP contribution in [0.4, 0.5) is 0 Å². The summed E-state index contributed by atoms with van der Waals surface area (Å²) in [6, 6.07) is 19.1. The number of amides is 1. The Morgan fingerprint density at radius 3 is 1.88 bits per heavy atom. The number of benzene rings is 2. The number of rotatable bonds is 7. The van der Waals surface area contributed by atoms with Gasteiger partial charge in [0.25, 0.3) is 0 Å². The molecule has 1 fully saturated rings. The Balaban J connectivity index is 1.87. The van der Waals surface area contributed by atoms with Crippen molar-refractivity contribution in [2.24, 2.45) is 0 Å². The van der Waals surface area contributed by atoms with Gasteiger partial charge >= 0.3 is 5.97 Å². The van der Waals surface area contributed by atoms with E-state index in [4.69, 9.17) is 0 Å². The SMILES string of the molecule is CC(C(=O)O)N(C(=O)CC(c1ccccc1)c1ccccc1)C1CC1. The molecular formula is C21H23NO3. The lowest BCUT2D eigenvalue weighted by Gasteiger charge is -2.29. The van der Waals surface area contributed by atoms with Gasteiger partial charge in [-0.1, -0.05) is 60.7 Å². The number of hydrogen-bond donors (Lipinski definition) is 1. The van der Waals surface area contributed by atoms with Gasteiger partial charge in [0.1, 0.15) is 6.04 Å². The predicted molar refractivity (Wildman–Crippen MR) is 96.3 cm³/mol. The smallest absolute Gasteiger partial charge is 0.326 e. The first-order chi connectivity index (χ1) is 12.1. The van der Waals surface area contributed by atoms with E-state index in [2.05, 4.69) is 0 Å². The zero-order valence-electron chi connectivity index (χ0n) is 14.3. The molecule has 1 N–H and O–H groups in total. The van der Waals surface area contributed by atoms with Gasteiger partial charge in [-0.2, -0.15) is 0 Å². The van der Waals surface area contributed by atoms with Crippen molar-refractivity contribution in [1.29, 1.82) is 0 Å². The lowest BCUT2D eigenvalue weighted by molar-refractivity contribution is -0.150. The molecule has 3 rings (SSSR count). The summed E-state index contributed by atoms with van der Waals surface area (Å²) in [5.41, 5.74) is 2.14. The molecule has 0 aliphatic heterocycles. The fourth-order valence-corrected chi connectivity index (χ4v) is 3.29. The fourth-order valence-electron chi connectivity index (χ4n) is 3.29. The molecule has 0 aromatic heterocycles. The molecule has 2 aromatic carbocycles. The minimum absolute atomic E-state index is 0.0721. The van der Waals surface area contributed by atoms with Crippen molar-refractivity contribution in [3.63, 3.8) is 0 Å². The summed E-state index contributed by atoms with van der Waals surface area (Å²) >= 11 is 0. The standard InChI is InChI=1S/C21H23NO3/c1-15(21(24)25)22(18-12-13-18)20(23)14-19(16-8-4-2-5-9-16)17-10-6-3-7-11-17/h2-11,15,18-19H,12-14H2,1H3,(H,24,25). The molecular weight excluding hydrogens is 314 g/mol. The number of aliphatic carboxylic acids is 1. The lowest BCUT2D eigenvalue weighted by Crippen LogP contribution is -2.45. The molecule has 2 aromatic rings. The van der Waals surface area contributed by atoms with Crippen LogP contribution in [0.5, 0.6) is 0 Å². The van der Waals surface area contributed by atoms with Crippen molar-refractivity contribution in [3.05, 3.63) is 71.8 Å². The molecule has 0 bridgehead atoms. The van der Waals surface area contributed by atoms with E-state index in [0.29, 0.717) is 0 Å². The van der Waals surface area contributed by atoms with E-state index >= 15 is 0 Å². The maximum absolute atomic E-state index is 13.0. The first kappa shape index (κ1) is 17.2. The highest BCUT2D eigenvalue weighted by Gasteiger charge is 2.39. The molecule has 1 amide bonds. The molecule has 1 aliphatic rings. The molecule has 0 spiro atoms. The Morgan fingerprint density at radius 1 is 1.00 bits per heavy atom. The molecule has 25 heavy (non-hydrogen) atoms. The second kappa shape index (κ2) is 7.51. The number of hydrogen-bond acceptors (Lipinski definition) is 2. The lowest BCUT2D eigenvalue weighted by atomic mass is 9.88. The van der Waals surface area contributed by atoms with E-state index < -0.39 is 12.0 Å². The van der Waals surface area contributed by atoms with Gasteiger partial charge in [0.15, 0.2) is 0 Å². The first-order valence-electron chi connectivity index (χ1n) is 8.71. The van der Waals surface area contributed by atoms with E-state index in [0.717, 1.165) is 24.0 Å². The third kappa shape index (κ3) is 4.08. The van der Waals surface area contributed by atoms with Gasteiger partial charge < -0.3 is 10.0 Å². The Bertz CT molecular complexity index is 686.